The maximum absolute atomic E-state index is 11.6. The van der Waals surface area contributed by atoms with Gasteiger partial charge in [-0.3, -0.25) is 4.57 Å². The zero-order chi connectivity index (χ0) is 10.8. The van der Waals surface area contributed by atoms with Gasteiger partial charge >= 0.3 is 5.69 Å². The lowest BCUT2D eigenvalue weighted by molar-refractivity contribution is 0.0346. The molecular weight excluding hydrogens is 212 g/mol. The van der Waals surface area contributed by atoms with Crippen LogP contribution in [0.4, 0.5) is 0 Å². The molecule has 1 aliphatic heterocycles. The summed E-state index contributed by atoms with van der Waals surface area (Å²) in [5.41, 5.74) is 0.440. The minimum absolute atomic E-state index is 0.0248. The van der Waals surface area contributed by atoms with Crippen molar-refractivity contribution in [2.45, 2.75) is 18.6 Å². The van der Waals surface area contributed by atoms with E-state index < -0.39 is 0 Å². The van der Waals surface area contributed by atoms with Gasteiger partial charge in [-0.2, -0.15) is 4.98 Å². The molecule has 0 amide bonds. The minimum Gasteiger partial charge on any atom is -0.339 e. The molecule has 1 aliphatic rings. The molecule has 2 rings (SSSR count). The molecule has 1 aromatic rings. The highest BCUT2D eigenvalue weighted by Gasteiger charge is 2.25. The van der Waals surface area contributed by atoms with E-state index in [1.807, 2.05) is 0 Å². The maximum atomic E-state index is 11.6. The molecule has 0 unspecified atom stereocenters. The van der Waals surface area contributed by atoms with Gasteiger partial charge in [-0.05, 0) is 13.0 Å². The smallest absolute Gasteiger partial charge is 0.339 e. The summed E-state index contributed by atoms with van der Waals surface area (Å²) < 4.78 is 7.10. The first-order valence-electron chi connectivity index (χ1n) is 4.66. The van der Waals surface area contributed by atoms with Crippen LogP contribution in [-0.2, 0) is 4.74 Å². The zero-order valence-corrected chi connectivity index (χ0v) is 9.24. The molecule has 0 aromatic carbocycles. The molecule has 0 spiro atoms. The number of aryl methyl sites for hydroxylation is 1. The molecule has 0 radical (unpaired) electrons. The lowest BCUT2D eigenvalue weighted by atomic mass is 10.4. The van der Waals surface area contributed by atoms with Gasteiger partial charge in [0.25, 0.3) is 0 Å². The second-order valence-electron chi connectivity index (χ2n) is 3.29. The second-order valence-corrected chi connectivity index (χ2v) is 4.42. The summed E-state index contributed by atoms with van der Waals surface area (Å²) >= 11 is 1.63. The monoisotopic (exact) mass is 224 g/mol. The Labute approximate surface area is 92.0 Å². The van der Waals surface area contributed by atoms with E-state index in [9.17, 15) is 4.79 Å². The van der Waals surface area contributed by atoms with Crippen LogP contribution in [0.3, 0.4) is 0 Å². The van der Waals surface area contributed by atoms with Crippen molar-refractivity contribution in [3.05, 3.63) is 41.1 Å². The summed E-state index contributed by atoms with van der Waals surface area (Å²) in [6.07, 6.45) is 3.23. The normalized spacial score (nSPS) is 25.4. The van der Waals surface area contributed by atoms with Crippen LogP contribution in [0.25, 0.3) is 0 Å². The van der Waals surface area contributed by atoms with Crippen molar-refractivity contribution in [2.75, 3.05) is 5.75 Å². The molecule has 1 aromatic heterocycles. The van der Waals surface area contributed by atoms with E-state index in [1.165, 1.54) is 4.57 Å². The summed E-state index contributed by atoms with van der Waals surface area (Å²) in [4.78, 5) is 15.4. The summed E-state index contributed by atoms with van der Waals surface area (Å²) in [5, 5.41) is 0. The number of rotatable bonds is 2. The number of ether oxygens (including phenoxy) is 1. The lowest BCUT2D eigenvalue weighted by Crippen LogP contribution is -2.28. The van der Waals surface area contributed by atoms with Crippen LogP contribution >= 0.6 is 11.8 Å². The summed E-state index contributed by atoms with van der Waals surface area (Å²) in [6, 6.07) is 1.80. The van der Waals surface area contributed by atoms with E-state index in [1.54, 1.807) is 37.0 Å². The molecule has 1 saturated heterocycles. The molecule has 0 aliphatic carbocycles. The van der Waals surface area contributed by atoms with Crippen molar-refractivity contribution in [2.24, 2.45) is 0 Å². The Morgan fingerprint density at radius 1 is 1.80 bits per heavy atom. The van der Waals surface area contributed by atoms with Crippen LogP contribution < -0.4 is 5.69 Å². The quantitative estimate of drug-likeness (QED) is 0.711. The zero-order valence-electron chi connectivity index (χ0n) is 8.42. The van der Waals surface area contributed by atoms with Crippen molar-refractivity contribution in [3.8, 4) is 0 Å². The number of nitrogens with zero attached hydrogens (tertiary/aromatic N) is 2. The first-order chi connectivity index (χ1) is 7.20. The molecule has 2 heterocycles. The van der Waals surface area contributed by atoms with Gasteiger partial charge in [-0.15, -0.1) is 11.8 Å². The van der Waals surface area contributed by atoms with Crippen molar-refractivity contribution in [1.82, 2.24) is 9.55 Å². The SMILES string of the molecule is C=C[C@@H]1O[C@H](n2ccc(C)nc2=O)CS1. The Kier molecular flexibility index (Phi) is 2.93. The van der Waals surface area contributed by atoms with Crippen LogP contribution in [0.15, 0.2) is 29.7 Å². The van der Waals surface area contributed by atoms with E-state index in [0.717, 1.165) is 11.4 Å². The average Bonchev–Trinajstić information content (AvgIpc) is 2.66. The molecule has 0 bridgehead atoms. The first kappa shape index (κ1) is 10.4. The van der Waals surface area contributed by atoms with Gasteiger partial charge in [0.1, 0.15) is 11.7 Å². The molecule has 15 heavy (non-hydrogen) atoms. The molecule has 1 fully saturated rings. The first-order valence-corrected chi connectivity index (χ1v) is 5.71. The Morgan fingerprint density at radius 3 is 3.20 bits per heavy atom. The average molecular weight is 224 g/mol. The van der Waals surface area contributed by atoms with E-state index in [0.29, 0.717) is 0 Å². The molecule has 0 saturated carbocycles. The van der Waals surface area contributed by atoms with Gasteiger partial charge < -0.3 is 4.74 Å². The Balaban J connectivity index is 2.24. The van der Waals surface area contributed by atoms with Crippen LogP contribution in [0.2, 0.25) is 0 Å². The molecule has 4 nitrogen and oxygen atoms in total. The van der Waals surface area contributed by atoms with Crippen LogP contribution in [-0.4, -0.2) is 20.7 Å². The van der Waals surface area contributed by atoms with Gasteiger partial charge in [0.2, 0.25) is 0 Å². The van der Waals surface area contributed by atoms with E-state index in [2.05, 4.69) is 11.6 Å². The van der Waals surface area contributed by atoms with Crippen molar-refractivity contribution >= 4 is 11.8 Å². The van der Waals surface area contributed by atoms with Gasteiger partial charge in [0.05, 0.1) is 0 Å². The number of thioether (sulfide) groups is 1. The summed E-state index contributed by atoms with van der Waals surface area (Å²) in [5.74, 6) is 0.751. The maximum Gasteiger partial charge on any atom is 0.349 e. The Hall–Kier alpha value is -1.07. The van der Waals surface area contributed by atoms with E-state index in [-0.39, 0.29) is 17.4 Å². The fraction of sp³-hybridized carbons (Fsp3) is 0.400. The topological polar surface area (TPSA) is 44.1 Å². The highest BCUT2D eigenvalue weighted by molar-refractivity contribution is 8.00. The van der Waals surface area contributed by atoms with Gasteiger partial charge in [-0.25, -0.2) is 4.79 Å². The molecular formula is C10H12N2O2S. The Bertz CT molecular complexity index is 430. The van der Waals surface area contributed by atoms with Crippen LogP contribution in [0.5, 0.6) is 0 Å². The number of hydrogen-bond acceptors (Lipinski definition) is 4. The number of aromatic nitrogens is 2. The van der Waals surface area contributed by atoms with Crippen LogP contribution in [0, 0.1) is 6.92 Å². The Morgan fingerprint density at radius 2 is 2.60 bits per heavy atom. The number of hydrogen-bond donors (Lipinski definition) is 0. The molecule has 5 heteroatoms. The second kappa shape index (κ2) is 4.20. The third-order valence-electron chi connectivity index (χ3n) is 2.17. The van der Waals surface area contributed by atoms with Crippen molar-refractivity contribution in [3.63, 3.8) is 0 Å². The predicted octanol–water partition coefficient (Wildman–Crippen LogP) is 1.33. The van der Waals surface area contributed by atoms with Gasteiger partial charge in [0, 0.05) is 17.6 Å². The van der Waals surface area contributed by atoms with Crippen molar-refractivity contribution < 1.29 is 4.74 Å². The minimum atomic E-state index is -0.259. The summed E-state index contributed by atoms with van der Waals surface area (Å²) in [7, 11) is 0. The molecule has 0 N–H and O–H groups in total. The fourth-order valence-corrected chi connectivity index (χ4v) is 2.33. The standard InChI is InChI=1S/C10H12N2O2S/c1-3-9-14-8(6-15-9)12-5-4-7(2)11-10(12)13/h3-5,8-9H,1,6H2,2H3/t8-,9+/m0/s1. The third kappa shape index (κ3) is 2.13. The van der Waals surface area contributed by atoms with Gasteiger partial charge in [-0.1, -0.05) is 12.7 Å². The molecule has 80 valence electrons. The predicted molar refractivity (Wildman–Crippen MR) is 59.8 cm³/mol. The molecule has 2 atom stereocenters. The highest BCUT2D eigenvalue weighted by Crippen LogP contribution is 2.31. The largest absolute Gasteiger partial charge is 0.349 e. The summed E-state index contributed by atoms with van der Waals surface area (Å²) in [6.45, 7) is 5.45. The third-order valence-corrected chi connectivity index (χ3v) is 3.28. The van der Waals surface area contributed by atoms with Crippen LogP contribution in [0.1, 0.15) is 11.9 Å². The lowest BCUT2D eigenvalue weighted by Gasteiger charge is -2.12. The fourth-order valence-electron chi connectivity index (χ4n) is 1.40. The van der Waals surface area contributed by atoms with Crippen molar-refractivity contribution in [1.29, 1.82) is 0 Å². The van der Waals surface area contributed by atoms with E-state index >= 15 is 0 Å². The highest BCUT2D eigenvalue weighted by atomic mass is 32.2. The van der Waals surface area contributed by atoms with E-state index in [4.69, 9.17) is 4.74 Å². The van der Waals surface area contributed by atoms with Gasteiger partial charge in [0.15, 0.2) is 0 Å².